The average molecular weight is 254 g/mol. The van der Waals surface area contributed by atoms with Crippen molar-refractivity contribution in [3.05, 3.63) is 28.8 Å². The predicted octanol–water partition coefficient (Wildman–Crippen LogP) is 1.34. The summed E-state index contributed by atoms with van der Waals surface area (Å²) in [5, 5.41) is 8.97. The molecule has 2 rings (SSSR count). The molecule has 0 bridgehead atoms. The van der Waals surface area contributed by atoms with E-state index in [-0.39, 0.29) is 18.5 Å². The van der Waals surface area contributed by atoms with Gasteiger partial charge in [-0.1, -0.05) is 11.6 Å². The second kappa shape index (κ2) is 4.18. The Morgan fingerprint density at radius 2 is 2.06 bits per heavy atom. The summed E-state index contributed by atoms with van der Waals surface area (Å²) in [6, 6.07) is 4.48. The molecule has 0 saturated heterocycles. The van der Waals surface area contributed by atoms with Crippen molar-refractivity contribution < 1.29 is 19.5 Å². The topological polar surface area (TPSA) is 74.7 Å². The molecule has 1 N–H and O–H groups in total. The van der Waals surface area contributed by atoms with Crippen LogP contribution in [0.25, 0.3) is 0 Å². The molecule has 1 aliphatic rings. The molecule has 0 radical (unpaired) electrons. The lowest BCUT2D eigenvalue weighted by molar-refractivity contribution is -0.136. The van der Waals surface area contributed by atoms with E-state index in [1.54, 1.807) is 0 Å². The summed E-state index contributed by atoms with van der Waals surface area (Å²) in [7, 11) is 0. The number of ketones is 1. The van der Waals surface area contributed by atoms with Crippen molar-refractivity contribution >= 4 is 34.9 Å². The third kappa shape index (κ3) is 2.01. The first-order valence-electron chi connectivity index (χ1n) is 4.88. The van der Waals surface area contributed by atoms with Gasteiger partial charge in [0, 0.05) is 11.6 Å². The summed E-state index contributed by atoms with van der Waals surface area (Å²) in [6.07, 6.45) is -0.217. The third-order valence-corrected chi connectivity index (χ3v) is 2.72. The summed E-state index contributed by atoms with van der Waals surface area (Å²) in [5.74, 6) is -2.36. The number of carboxylic acid groups (broad SMARTS) is 1. The van der Waals surface area contributed by atoms with Crippen LogP contribution >= 0.6 is 11.6 Å². The molecule has 6 heteroatoms. The highest BCUT2D eigenvalue weighted by Gasteiger charge is 2.35. The highest BCUT2D eigenvalue weighted by molar-refractivity contribution is 6.52. The molecule has 5 nitrogen and oxygen atoms in total. The average Bonchev–Trinajstić information content (AvgIpc) is 2.49. The van der Waals surface area contributed by atoms with E-state index in [4.69, 9.17) is 16.7 Å². The van der Waals surface area contributed by atoms with Crippen molar-refractivity contribution in [2.45, 2.75) is 6.42 Å². The second-order valence-electron chi connectivity index (χ2n) is 3.59. The Kier molecular flexibility index (Phi) is 2.85. The first-order valence-corrected chi connectivity index (χ1v) is 5.26. The Morgan fingerprint density at radius 3 is 2.71 bits per heavy atom. The van der Waals surface area contributed by atoms with Crippen molar-refractivity contribution in [2.24, 2.45) is 0 Å². The molecule has 1 aromatic rings. The zero-order chi connectivity index (χ0) is 12.6. The zero-order valence-corrected chi connectivity index (χ0v) is 9.40. The number of hydrogen-bond donors (Lipinski definition) is 1. The van der Waals surface area contributed by atoms with E-state index in [1.165, 1.54) is 18.2 Å². The molecule has 0 atom stereocenters. The monoisotopic (exact) mass is 253 g/mol. The minimum Gasteiger partial charge on any atom is -0.481 e. The third-order valence-electron chi connectivity index (χ3n) is 2.48. The van der Waals surface area contributed by atoms with Crippen LogP contribution in [-0.2, 0) is 9.59 Å². The molecule has 0 spiro atoms. The van der Waals surface area contributed by atoms with Crippen molar-refractivity contribution in [3.8, 4) is 0 Å². The van der Waals surface area contributed by atoms with Gasteiger partial charge >= 0.3 is 5.97 Å². The number of fused-ring (bicyclic) bond motifs is 1. The Balaban J connectivity index is 2.36. The van der Waals surface area contributed by atoms with Gasteiger partial charge in [-0.15, -0.1) is 0 Å². The van der Waals surface area contributed by atoms with Gasteiger partial charge in [-0.3, -0.25) is 14.4 Å². The quantitative estimate of drug-likeness (QED) is 0.825. The Morgan fingerprint density at radius 1 is 1.35 bits per heavy atom. The fraction of sp³-hybridized carbons (Fsp3) is 0.182. The lowest BCUT2D eigenvalue weighted by Gasteiger charge is -2.14. The van der Waals surface area contributed by atoms with Crippen LogP contribution in [0.4, 0.5) is 5.69 Å². The molecule has 0 aromatic heterocycles. The fourth-order valence-electron chi connectivity index (χ4n) is 1.70. The van der Waals surface area contributed by atoms with E-state index < -0.39 is 17.7 Å². The molecule has 0 unspecified atom stereocenters. The van der Waals surface area contributed by atoms with E-state index in [9.17, 15) is 14.4 Å². The number of rotatable bonds is 3. The Labute approximate surface area is 102 Å². The highest BCUT2D eigenvalue weighted by Crippen LogP contribution is 2.31. The largest absolute Gasteiger partial charge is 0.481 e. The van der Waals surface area contributed by atoms with Gasteiger partial charge in [-0.05, 0) is 18.2 Å². The van der Waals surface area contributed by atoms with Crippen molar-refractivity contribution in [3.63, 3.8) is 0 Å². The molecule has 17 heavy (non-hydrogen) atoms. The van der Waals surface area contributed by atoms with Crippen molar-refractivity contribution in [1.82, 2.24) is 0 Å². The molecular formula is C11H8ClNO4. The number of carbonyl (C=O) groups is 3. The summed E-state index contributed by atoms with van der Waals surface area (Å²) >= 11 is 5.78. The standard InChI is InChI=1S/C11H8ClNO4/c12-6-1-2-7-8(5-6)13(4-3-9(14)15)11(17)10(7)16/h1-2,5H,3-4H2,(H,14,15). The van der Waals surface area contributed by atoms with Crippen LogP contribution in [0.5, 0.6) is 0 Å². The number of amides is 1. The van der Waals surface area contributed by atoms with E-state index in [0.29, 0.717) is 10.7 Å². The SMILES string of the molecule is O=C(O)CCN1C(=O)C(=O)c2ccc(Cl)cc21. The van der Waals surface area contributed by atoms with Gasteiger partial charge in [0.2, 0.25) is 0 Å². The summed E-state index contributed by atoms with van der Waals surface area (Å²) in [5.41, 5.74) is 0.651. The number of anilines is 1. The van der Waals surface area contributed by atoms with Crippen LogP contribution in [0.15, 0.2) is 18.2 Å². The molecular weight excluding hydrogens is 246 g/mol. The zero-order valence-electron chi connectivity index (χ0n) is 8.64. The normalized spacial score (nSPS) is 14.1. The van der Waals surface area contributed by atoms with Gasteiger partial charge in [0.05, 0.1) is 17.7 Å². The van der Waals surface area contributed by atoms with Gasteiger partial charge in [-0.25, -0.2) is 0 Å². The first-order chi connectivity index (χ1) is 8.00. The van der Waals surface area contributed by atoms with Gasteiger partial charge in [-0.2, -0.15) is 0 Å². The van der Waals surface area contributed by atoms with Crippen molar-refractivity contribution in [2.75, 3.05) is 11.4 Å². The van der Waals surface area contributed by atoms with E-state index in [1.807, 2.05) is 0 Å². The molecule has 1 heterocycles. The van der Waals surface area contributed by atoms with Crippen molar-refractivity contribution in [1.29, 1.82) is 0 Å². The Bertz CT molecular complexity index is 526. The van der Waals surface area contributed by atoms with E-state index in [0.717, 1.165) is 4.90 Å². The lowest BCUT2D eigenvalue weighted by Crippen LogP contribution is -2.31. The molecule has 0 saturated carbocycles. The van der Waals surface area contributed by atoms with Gasteiger partial charge < -0.3 is 10.0 Å². The molecule has 88 valence electrons. The first kappa shape index (κ1) is 11.6. The van der Waals surface area contributed by atoms with Crippen LogP contribution in [0.1, 0.15) is 16.8 Å². The number of nitrogens with zero attached hydrogens (tertiary/aromatic N) is 1. The number of carboxylic acids is 1. The minimum atomic E-state index is -1.03. The minimum absolute atomic E-state index is 0.0345. The van der Waals surface area contributed by atoms with Crippen LogP contribution in [0.2, 0.25) is 5.02 Å². The number of hydrogen-bond acceptors (Lipinski definition) is 3. The van der Waals surface area contributed by atoms with E-state index in [2.05, 4.69) is 0 Å². The van der Waals surface area contributed by atoms with Crippen LogP contribution in [0.3, 0.4) is 0 Å². The maximum Gasteiger partial charge on any atom is 0.305 e. The van der Waals surface area contributed by atoms with Crippen LogP contribution < -0.4 is 4.90 Å². The number of benzene rings is 1. The highest BCUT2D eigenvalue weighted by atomic mass is 35.5. The van der Waals surface area contributed by atoms with Gasteiger partial charge in [0.1, 0.15) is 0 Å². The number of halogens is 1. The Hall–Kier alpha value is -1.88. The van der Waals surface area contributed by atoms with Gasteiger partial charge in [0.25, 0.3) is 11.7 Å². The smallest absolute Gasteiger partial charge is 0.305 e. The maximum atomic E-state index is 11.6. The lowest BCUT2D eigenvalue weighted by atomic mass is 10.1. The number of Topliss-reactive ketones (excluding diaryl/α,β-unsaturated/α-hetero) is 1. The summed E-state index contributed by atoms with van der Waals surface area (Å²) in [6.45, 7) is -0.0345. The number of carbonyl (C=O) groups excluding carboxylic acids is 2. The van der Waals surface area contributed by atoms with E-state index >= 15 is 0 Å². The molecule has 1 aromatic carbocycles. The number of aliphatic carboxylic acids is 1. The van der Waals surface area contributed by atoms with Crippen LogP contribution in [0, 0.1) is 0 Å². The second-order valence-corrected chi connectivity index (χ2v) is 4.03. The molecule has 0 aliphatic carbocycles. The summed E-state index contributed by atoms with van der Waals surface area (Å²) in [4.78, 5) is 34.8. The maximum absolute atomic E-state index is 11.6. The fourth-order valence-corrected chi connectivity index (χ4v) is 1.86. The van der Waals surface area contributed by atoms with Crippen LogP contribution in [-0.4, -0.2) is 29.3 Å². The molecule has 0 fully saturated rings. The van der Waals surface area contributed by atoms with Gasteiger partial charge in [0.15, 0.2) is 0 Å². The predicted molar refractivity (Wildman–Crippen MR) is 60.4 cm³/mol. The molecule has 1 aliphatic heterocycles. The molecule has 1 amide bonds. The summed E-state index contributed by atoms with van der Waals surface area (Å²) < 4.78 is 0.